The van der Waals surface area contributed by atoms with Gasteiger partial charge >= 0.3 is 0 Å². The van der Waals surface area contributed by atoms with Crippen molar-refractivity contribution >= 4 is 34.0 Å². The van der Waals surface area contributed by atoms with Gasteiger partial charge in [0.25, 0.3) is 0 Å². The van der Waals surface area contributed by atoms with Crippen LogP contribution in [-0.2, 0) is 15.5 Å². The highest BCUT2D eigenvalue weighted by molar-refractivity contribution is 7.94. The Balaban J connectivity index is 3.02. The van der Waals surface area contributed by atoms with Gasteiger partial charge in [-0.2, -0.15) is 0 Å². The smallest absolute Gasteiger partial charge is 0.148 e. The van der Waals surface area contributed by atoms with E-state index in [9.17, 15) is 4.21 Å². The topological polar surface area (TPSA) is 26.3 Å². The van der Waals surface area contributed by atoms with Crippen LogP contribution >= 0.6 is 23.2 Å². The van der Waals surface area contributed by atoms with Crippen LogP contribution in [0.4, 0.5) is 0 Å². The Hall–Kier alpha value is 0.01000. The minimum absolute atomic E-state index is 0.138. The second-order valence-corrected chi connectivity index (χ2v) is 3.79. The summed E-state index contributed by atoms with van der Waals surface area (Å²) in [7, 11) is 0.144. The van der Waals surface area contributed by atoms with Crippen LogP contribution in [0, 0.1) is 0 Å². The molecule has 0 aromatic heterocycles. The lowest BCUT2D eigenvalue weighted by atomic mass is 10.5. The number of hydrogen-bond donors (Lipinski definition) is 0. The summed E-state index contributed by atoms with van der Waals surface area (Å²) in [6.07, 6.45) is 0. The molecule has 0 aliphatic carbocycles. The van der Waals surface area contributed by atoms with Gasteiger partial charge in [-0.15, -0.1) is 0 Å². The molecule has 0 radical (unpaired) electrons. The second-order valence-electron chi connectivity index (χ2n) is 1.57. The third-order valence-corrected chi connectivity index (χ3v) is 3.21. The maximum Gasteiger partial charge on any atom is 0.148 e. The molecule has 10 heavy (non-hydrogen) atoms. The van der Waals surface area contributed by atoms with Crippen molar-refractivity contribution < 1.29 is 8.95 Å². The van der Waals surface area contributed by atoms with Gasteiger partial charge in [-0.25, -0.2) is 4.21 Å². The van der Waals surface area contributed by atoms with Gasteiger partial charge in [0.1, 0.15) is 15.2 Å². The lowest BCUT2D eigenvalue weighted by Gasteiger charge is -1.96. The molecule has 0 fully saturated rings. The second kappa shape index (κ2) is 2.95. The molecule has 0 amide bonds. The van der Waals surface area contributed by atoms with Crippen molar-refractivity contribution in [1.29, 1.82) is 0 Å². The van der Waals surface area contributed by atoms with E-state index in [2.05, 4.69) is 0 Å². The van der Waals surface area contributed by atoms with E-state index in [0.29, 0.717) is 5.76 Å². The fraction of sp³-hybridized carbons (Fsp3) is 0.200. The van der Waals surface area contributed by atoms with Crippen molar-refractivity contribution in [1.82, 2.24) is 0 Å². The largest absolute Gasteiger partial charge is 0.494 e. The van der Waals surface area contributed by atoms with Crippen LogP contribution in [0.2, 0.25) is 0 Å². The molecule has 1 atom stereocenters. The predicted molar refractivity (Wildman–Crippen MR) is 42.0 cm³/mol. The Bertz CT molecular complexity index is 244. The van der Waals surface area contributed by atoms with Gasteiger partial charge in [-0.3, -0.25) is 0 Å². The third-order valence-electron chi connectivity index (χ3n) is 1.000. The summed E-state index contributed by atoms with van der Waals surface area (Å²) in [5, 5.41) is 1.60. The summed E-state index contributed by atoms with van der Waals surface area (Å²) >= 11 is 11.1. The minimum atomic E-state index is -1.30. The number of rotatable bonds is 1. The number of halogens is 2. The third kappa shape index (κ3) is 1.21. The number of ether oxygens (including phenoxy) is 1. The highest BCUT2D eigenvalue weighted by Gasteiger charge is 2.21. The van der Waals surface area contributed by atoms with Gasteiger partial charge in [0.05, 0.1) is 23.3 Å². The summed E-state index contributed by atoms with van der Waals surface area (Å²) in [6, 6.07) is 0. The van der Waals surface area contributed by atoms with Crippen LogP contribution < -0.4 is 0 Å². The highest BCUT2D eigenvalue weighted by atomic mass is 35.5. The van der Waals surface area contributed by atoms with Gasteiger partial charge in [0.2, 0.25) is 0 Å². The molecule has 0 saturated carbocycles. The zero-order chi connectivity index (χ0) is 7.72. The molecule has 1 rings (SSSR count). The molecule has 2 nitrogen and oxygen atoms in total. The molecule has 0 spiro atoms. The van der Waals surface area contributed by atoms with E-state index in [1.54, 1.807) is 0 Å². The monoisotopic (exact) mass is 198 g/mol. The Morgan fingerprint density at radius 3 is 2.40 bits per heavy atom. The first-order chi connectivity index (χ1) is 4.66. The van der Waals surface area contributed by atoms with E-state index in [4.69, 9.17) is 27.9 Å². The number of hydrogen-bond acceptors (Lipinski definition) is 2. The molecular formula is C5H4Cl2O2S. The maximum atomic E-state index is 10.8. The predicted octanol–water partition coefficient (Wildman–Crippen LogP) is 1.88. The fourth-order valence-corrected chi connectivity index (χ4v) is 1.96. The molecule has 0 saturated heterocycles. The molecule has 0 bridgehead atoms. The van der Waals surface area contributed by atoms with E-state index in [1.807, 2.05) is 0 Å². The summed E-state index contributed by atoms with van der Waals surface area (Å²) < 4.78 is 15.7. The zero-order valence-electron chi connectivity index (χ0n) is 5.06. The van der Waals surface area contributed by atoms with Crippen molar-refractivity contribution in [2.75, 3.05) is 7.11 Å². The summed E-state index contributed by atoms with van der Waals surface area (Å²) in [4.78, 5) is 0. The van der Waals surface area contributed by atoms with Crippen molar-refractivity contribution in [3.63, 3.8) is 0 Å². The molecule has 56 valence electrons. The molecule has 0 N–H and O–H groups in total. The van der Waals surface area contributed by atoms with Gasteiger partial charge in [0, 0.05) is 0 Å². The van der Waals surface area contributed by atoms with Gasteiger partial charge in [0.15, 0.2) is 0 Å². The van der Waals surface area contributed by atoms with Crippen molar-refractivity contribution in [2.24, 2.45) is 0 Å². The van der Waals surface area contributed by atoms with Crippen LogP contribution in [0.1, 0.15) is 0 Å². The first-order valence-electron chi connectivity index (χ1n) is 2.39. The summed E-state index contributed by atoms with van der Waals surface area (Å²) in [5.41, 5.74) is 0. The summed E-state index contributed by atoms with van der Waals surface area (Å²) in [6.45, 7) is 0. The maximum absolute atomic E-state index is 10.8. The lowest BCUT2D eigenvalue weighted by Crippen LogP contribution is -1.80. The molecular weight excluding hydrogens is 195 g/mol. The van der Waals surface area contributed by atoms with E-state index >= 15 is 0 Å². The highest BCUT2D eigenvalue weighted by Crippen LogP contribution is 2.32. The first kappa shape index (κ1) is 8.11. The Morgan fingerprint density at radius 2 is 2.20 bits per heavy atom. The van der Waals surface area contributed by atoms with Gasteiger partial charge < -0.3 is 4.74 Å². The minimum Gasteiger partial charge on any atom is -0.494 e. The molecule has 5 heteroatoms. The van der Waals surface area contributed by atoms with Crippen molar-refractivity contribution in [2.45, 2.75) is 0 Å². The van der Waals surface area contributed by atoms with Crippen molar-refractivity contribution in [3.8, 4) is 0 Å². The normalized spacial score (nSPS) is 25.1. The van der Waals surface area contributed by atoms with E-state index < -0.39 is 10.8 Å². The first-order valence-corrected chi connectivity index (χ1v) is 4.35. The molecule has 0 aromatic rings. The van der Waals surface area contributed by atoms with Gasteiger partial charge in [-0.05, 0) is 0 Å². The lowest BCUT2D eigenvalue weighted by molar-refractivity contribution is 0.306. The summed E-state index contributed by atoms with van der Waals surface area (Å²) in [5.74, 6) is 0.380. The quantitative estimate of drug-likeness (QED) is 0.644. The van der Waals surface area contributed by atoms with Crippen LogP contribution in [-0.4, -0.2) is 11.3 Å². The molecule has 1 aliphatic heterocycles. The molecule has 1 aliphatic rings. The Labute approximate surface area is 70.9 Å². The van der Waals surface area contributed by atoms with E-state index in [-0.39, 0.29) is 9.40 Å². The van der Waals surface area contributed by atoms with Gasteiger partial charge in [-0.1, -0.05) is 23.2 Å². The zero-order valence-corrected chi connectivity index (χ0v) is 7.39. The fourth-order valence-electron chi connectivity index (χ4n) is 0.524. The average molecular weight is 199 g/mol. The number of allylic oxidation sites excluding steroid dienone is 1. The van der Waals surface area contributed by atoms with Crippen LogP contribution in [0.15, 0.2) is 20.6 Å². The Kier molecular flexibility index (Phi) is 2.39. The van der Waals surface area contributed by atoms with Crippen LogP contribution in [0.5, 0.6) is 0 Å². The molecule has 0 aromatic carbocycles. The standard InChI is InChI=1S/C5H4Cl2O2S/c1-9-3-2-10(8)5(7)4(3)6/h2H,1H3. The van der Waals surface area contributed by atoms with Crippen LogP contribution in [0.25, 0.3) is 0 Å². The SMILES string of the molecule is COC1=CS(=O)C(Cl)=C1Cl. The number of methoxy groups -OCH3 is 1. The van der Waals surface area contributed by atoms with E-state index in [0.717, 1.165) is 0 Å². The average Bonchev–Trinajstić information content (AvgIpc) is 2.17. The molecule has 1 unspecified atom stereocenters. The van der Waals surface area contributed by atoms with Crippen LogP contribution in [0.3, 0.4) is 0 Å². The van der Waals surface area contributed by atoms with Crippen molar-refractivity contribution in [3.05, 3.63) is 20.6 Å². The van der Waals surface area contributed by atoms with E-state index in [1.165, 1.54) is 12.5 Å². The Morgan fingerprint density at radius 1 is 1.60 bits per heavy atom. The molecule has 1 heterocycles.